The van der Waals surface area contributed by atoms with Gasteiger partial charge in [0.2, 0.25) is 5.91 Å². The Hall–Kier alpha value is -2.15. The fourth-order valence-corrected chi connectivity index (χ4v) is 2.13. The van der Waals surface area contributed by atoms with Crippen LogP contribution in [0.5, 0.6) is 0 Å². The first-order valence-corrected chi connectivity index (χ1v) is 6.90. The second-order valence-electron chi connectivity index (χ2n) is 4.31. The number of benzene rings is 1. The summed E-state index contributed by atoms with van der Waals surface area (Å²) < 4.78 is 0. The van der Waals surface area contributed by atoms with Gasteiger partial charge in [-0.1, -0.05) is 23.9 Å². The van der Waals surface area contributed by atoms with Crippen molar-refractivity contribution in [2.24, 2.45) is 10.2 Å². The van der Waals surface area contributed by atoms with Gasteiger partial charge in [-0.3, -0.25) is 9.59 Å². The van der Waals surface area contributed by atoms with Crippen LogP contribution in [-0.2, 0) is 4.79 Å². The van der Waals surface area contributed by atoms with E-state index in [1.165, 1.54) is 16.7 Å². The fourth-order valence-electron chi connectivity index (χ4n) is 1.50. The van der Waals surface area contributed by atoms with Crippen molar-refractivity contribution in [2.75, 3.05) is 19.8 Å². The van der Waals surface area contributed by atoms with E-state index in [1.807, 2.05) is 0 Å². The summed E-state index contributed by atoms with van der Waals surface area (Å²) in [4.78, 5) is 24.2. The van der Waals surface area contributed by atoms with Gasteiger partial charge in [0.05, 0.1) is 12.0 Å². The number of nitrogens with zero attached hydrogens (tertiary/aromatic N) is 3. The highest BCUT2D eigenvalue weighted by Gasteiger charge is 2.15. The molecule has 0 bridgehead atoms. The molecule has 0 radical (unpaired) electrons. The molecule has 6 nitrogen and oxygen atoms in total. The van der Waals surface area contributed by atoms with E-state index in [4.69, 9.17) is 0 Å². The average Bonchev–Trinajstić information content (AvgIpc) is 2.84. The Labute approximate surface area is 120 Å². The van der Waals surface area contributed by atoms with Crippen LogP contribution in [0, 0.1) is 0 Å². The van der Waals surface area contributed by atoms with Crippen molar-refractivity contribution in [1.29, 1.82) is 0 Å². The minimum absolute atomic E-state index is 0.0428. The van der Waals surface area contributed by atoms with Gasteiger partial charge >= 0.3 is 0 Å². The van der Waals surface area contributed by atoms with E-state index in [2.05, 4.69) is 15.5 Å². The zero-order chi connectivity index (χ0) is 14.5. The van der Waals surface area contributed by atoms with Gasteiger partial charge in [0, 0.05) is 19.7 Å². The van der Waals surface area contributed by atoms with E-state index in [-0.39, 0.29) is 11.8 Å². The van der Waals surface area contributed by atoms with Crippen LogP contribution in [-0.4, -0.2) is 47.9 Å². The molecule has 2 amide bonds. The number of carbonyl (C=O) groups excluding carboxylic acids is 2. The first-order valence-electron chi connectivity index (χ1n) is 5.91. The molecule has 1 heterocycles. The third kappa shape index (κ3) is 3.67. The Morgan fingerprint density at radius 3 is 2.60 bits per heavy atom. The Kier molecular flexibility index (Phi) is 4.52. The maximum absolute atomic E-state index is 11.7. The lowest BCUT2D eigenvalue weighted by Gasteiger charge is -2.09. The van der Waals surface area contributed by atoms with Crippen LogP contribution in [0.1, 0.15) is 15.9 Å². The summed E-state index contributed by atoms with van der Waals surface area (Å²) in [5, 5.41) is 10.9. The minimum atomic E-state index is -0.0597. The van der Waals surface area contributed by atoms with Crippen molar-refractivity contribution >= 4 is 35.0 Å². The molecule has 1 aromatic rings. The zero-order valence-electron chi connectivity index (χ0n) is 11.2. The average molecular weight is 290 g/mol. The van der Waals surface area contributed by atoms with Gasteiger partial charge in [-0.05, 0) is 17.7 Å². The van der Waals surface area contributed by atoms with Crippen LogP contribution in [0.2, 0.25) is 0 Å². The molecule has 0 unspecified atom stereocenters. The van der Waals surface area contributed by atoms with Crippen molar-refractivity contribution in [3.63, 3.8) is 0 Å². The van der Waals surface area contributed by atoms with Gasteiger partial charge in [0.15, 0.2) is 5.17 Å². The lowest BCUT2D eigenvalue weighted by atomic mass is 10.1. The maximum Gasteiger partial charge on any atom is 0.253 e. The first kappa shape index (κ1) is 14.3. The van der Waals surface area contributed by atoms with Crippen LogP contribution in [0.25, 0.3) is 0 Å². The predicted octanol–water partition coefficient (Wildman–Crippen LogP) is 0.941. The number of amidine groups is 1. The molecule has 7 heteroatoms. The van der Waals surface area contributed by atoms with E-state index in [0.29, 0.717) is 16.5 Å². The number of carbonyl (C=O) groups is 2. The second kappa shape index (κ2) is 6.33. The normalized spacial score (nSPS) is 16.7. The van der Waals surface area contributed by atoms with E-state index in [1.54, 1.807) is 44.6 Å². The number of rotatable bonds is 3. The molecule has 0 aliphatic carbocycles. The molecule has 1 aliphatic heterocycles. The molecule has 1 saturated heterocycles. The standard InChI is InChI=1S/C13H14N4O2S/c1-17(2)12(19)10-5-3-9(4-6-10)7-14-16-13-15-11(18)8-20-13/h3-7H,8H2,1-2H3,(H,15,16,18). The smallest absolute Gasteiger partial charge is 0.253 e. The topological polar surface area (TPSA) is 74.1 Å². The molecular weight excluding hydrogens is 276 g/mol. The third-order valence-corrected chi connectivity index (χ3v) is 3.37. The van der Waals surface area contributed by atoms with Gasteiger partial charge < -0.3 is 10.2 Å². The van der Waals surface area contributed by atoms with Crippen molar-refractivity contribution in [2.45, 2.75) is 0 Å². The number of hydrogen-bond acceptors (Lipinski definition) is 5. The quantitative estimate of drug-likeness (QED) is 0.665. The summed E-state index contributed by atoms with van der Waals surface area (Å²) in [6.07, 6.45) is 1.57. The highest BCUT2D eigenvalue weighted by atomic mass is 32.2. The Morgan fingerprint density at radius 1 is 1.35 bits per heavy atom. The monoisotopic (exact) mass is 290 g/mol. The Balaban J connectivity index is 2.00. The van der Waals surface area contributed by atoms with Gasteiger partial charge in [-0.15, -0.1) is 5.10 Å². The summed E-state index contributed by atoms with van der Waals surface area (Å²) in [7, 11) is 3.42. The van der Waals surface area contributed by atoms with Gasteiger partial charge in [0.25, 0.3) is 5.91 Å². The summed E-state index contributed by atoms with van der Waals surface area (Å²) >= 11 is 1.32. The van der Waals surface area contributed by atoms with Gasteiger partial charge in [0.1, 0.15) is 0 Å². The zero-order valence-corrected chi connectivity index (χ0v) is 12.0. The lowest BCUT2D eigenvalue weighted by molar-refractivity contribution is -0.116. The molecule has 104 valence electrons. The van der Waals surface area contributed by atoms with Crippen molar-refractivity contribution in [3.8, 4) is 0 Å². The van der Waals surface area contributed by atoms with E-state index >= 15 is 0 Å². The highest BCUT2D eigenvalue weighted by molar-refractivity contribution is 8.15. The summed E-state index contributed by atoms with van der Waals surface area (Å²) in [5.74, 6) is 0.282. The van der Waals surface area contributed by atoms with Crippen molar-refractivity contribution < 1.29 is 9.59 Å². The van der Waals surface area contributed by atoms with Crippen LogP contribution < -0.4 is 5.32 Å². The summed E-state index contributed by atoms with van der Waals surface area (Å²) in [6.45, 7) is 0. The van der Waals surface area contributed by atoms with Crippen LogP contribution in [0.3, 0.4) is 0 Å². The number of hydrogen-bond donors (Lipinski definition) is 1. The van der Waals surface area contributed by atoms with Crippen LogP contribution >= 0.6 is 11.8 Å². The molecule has 1 fully saturated rings. The highest BCUT2D eigenvalue weighted by Crippen LogP contribution is 2.09. The van der Waals surface area contributed by atoms with Crippen molar-refractivity contribution in [3.05, 3.63) is 35.4 Å². The molecule has 1 N–H and O–H groups in total. The molecule has 0 atom stereocenters. The molecule has 0 aromatic heterocycles. The van der Waals surface area contributed by atoms with E-state index in [0.717, 1.165) is 5.56 Å². The lowest BCUT2D eigenvalue weighted by Crippen LogP contribution is -2.21. The second-order valence-corrected chi connectivity index (χ2v) is 5.27. The molecule has 0 saturated carbocycles. The molecule has 20 heavy (non-hydrogen) atoms. The molecule has 2 rings (SSSR count). The SMILES string of the molecule is CN(C)C(=O)c1ccc(C=NN=C2NC(=O)CS2)cc1. The number of thioether (sulfide) groups is 1. The first-order chi connectivity index (χ1) is 9.56. The molecule has 0 spiro atoms. The van der Waals surface area contributed by atoms with E-state index in [9.17, 15) is 9.59 Å². The van der Waals surface area contributed by atoms with Crippen molar-refractivity contribution in [1.82, 2.24) is 10.2 Å². The predicted molar refractivity (Wildman–Crippen MR) is 80.1 cm³/mol. The van der Waals surface area contributed by atoms with E-state index < -0.39 is 0 Å². The minimum Gasteiger partial charge on any atom is -0.345 e. The van der Waals surface area contributed by atoms with Crippen LogP contribution in [0.15, 0.2) is 34.5 Å². The molecule has 1 aliphatic rings. The Morgan fingerprint density at radius 2 is 2.05 bits per heavy atom. The van der Waals surface area contributed by atoms with Gasteiger partial charge in [-0.2, -0.15) is 5.10 Å². The largest absolute Gasteiger partial charge is 0.345 e. The van der Waals surface area contributed by atoms with Crippen LogP contribution in [0.4, 0.5) is 0 Å². The maximum atomic E-state index is 11.7. The summed E-state index contributed by atoms with van der Waals surface area (Å²) in [6, 6.07) is 7.06. The van der Waals surface area contributed by atoms with Gasteiger partial charge in [-0.25, -0.2) is 0 Å². The fraction of sp³-hybridized carbons (Fsp3) is 0.231. The summed E-state index contributed by atoms with van der Waals surface area (Å²) in [5.41, 5.74) is 1.45. The number of amides is 2. The Bertz CT molecular complexity index is 579. The third-order valence-electron chi connectivity index (χ3n) is 2.51. The number of nitrogens with one attached hydrogen (secondary N) is 1. The molecule has 1 aromatic carbocycles. The molecular formula is C13H14N4O2S.